The zero-order valence-corrected chi connectivity index (χ0v) is 11.6. The molecule has 1 aromatic carbocycles. The molecule has 0 amide bonds. The Morgan fingerprint density at radius 1 is 1.40 bits per heavy atom. The molecule has 0 radical (unpaired) electrons. The lowest BCUT2D eigenvalue weighted by Gasteiger charge is -2.10. The first kappa shape index (κ1) is 14.7. The maximum absolute atomic E-state index is 13.5. The van der Waals surface area contributed by atoms with E-state index in [0.29, 0.717) is 0 Å². The molecule has 0 spiro atoms. The summed E-state index contributed by atoms with van der Waals surface area (Å²) in [6.07, 6.45) is 2.81. The first-order valence-corrected chi connectivity index (χ1v) is 7.32. The van der Waals surface area contributed by atoms with Crippen LogP contribution < -0.4 is 4.72 Å². The molecule has 0 atom stereocenters. The second-order valence-electron chi connectivity index (χ2n) is 3.88. The van der Waals surface area contributed by atoms with Crippen molar-refractivity contribution < 1.29 is 17.9 Å². The highest BCUT2D eigenvalue weighted by Gasteiger charge is 2.19. The van der Waals surface area contributed by atoms with Crippen LogP contribution in [-0.4, -0.2) is 18.5 Å². The second-order valence-corrected chi connectivity index (χ2v) is 5.94. The third-order valence-electron chi connectivity index (χ3n) is 2.47. The van der Waals surface area contributed by atoms with E-state index in [1.165, 1.54) is 18.5 Å². The maximum Gasteiger partial charge on any atom is 0.262 e. The Balaban J connectivity index is 2.42. The average molecular weight is 317 g/mol. The van der Waals surface area contributed by atoms with Crippen LogP contribution in [0.5, 0.6) is 0 Å². The summed E-state index contributed by atoms with van der Waals surface area (Å²) in [5, 5.41) is 8.75. The maximum atomic E-state index is 13.5. The standard InChI is InChI=1S/C12H10ClFN2O3S/c13-12-8(7-17)4-10(5-11(12)14)20(18,19)16-9-2-1-3-15-6-9/h1-6,16-17H,7H2. The first-order valence-electron chi connectivity index (χ1n) is 5.45. The molecule has 0 fully saturated rings. The predicted octanol–water partition coefficient (Wildman–Crippen LogP) is 2.17. The van der Waals surface area contributed by atoms with Gasteiger partial charge >= 0.3 is 0 Å². The van der Waals surface area contributed by atoms with Gasteiger partial charge in [0.25, 0.3) is 10.0 Å². The number of pyridine rings is 1. The Bertz CT molecular complexity index is 723. The van der Waals surface area contributed by atoms with Gasteiger partial charge in [0.15, 0.2) is 0 Å². The van der Waals surface area contributed by atoms with E-state index in [1.54, 1.807) is 6.07 Å². The molecule has 0 aliphatic carbocycles. The molecule has 1 aromatic heterocycles. The van der Waals surface area contributed by atoms with Crippen molar-refractivity contribution in [2.24, 2.45) is 0 Å². The molecule has 0 aliphatic rings. The van der Waals surface area contributed by atoms with Gasteiger partial charge in [-0.15, -0.1) is 0 Å². The lowest BCUT2D eigenvalue weighted by Crippen LogP contribution is -2.14. The molecule has 0 saturated heterocycles. The molecular formula is C12H10ClFN2O3S. The Kier molecular flexibility index (Phi) is 4.22. The number of anilines is 1. The molecule has 106 valence electrons. The molecule has 0 aliphatic heterocycles. The molecule has 0 unspecified atom stereocenters. The van der Waals surface area contributed by atoms with Gasteiger partial charge < -0.3 is 5.11 Å². The predicted molar refractivity (Wildman–Crippen MR) is 72.4 cm³/mol. The summed E-state index contributed by atoms with van der Waals surface area (Å²) < 4.78 is 40.0. The minimum Gasteiger partial charge on any atom is -0.392 e. The van der Waals surface area contributed by atoms with Gasteiger partial charge in [0.1, 0.15) is 5.82 Å². The van der Waals surface area contributed by atoms with E-state index in [9.17, 15) is 12.8 Å². The smallest absolute Gasteiger partial charge is 0.262 e. The van der Waals surface area contributed by atoms with Gasteiger partial charge in [-0.25, -0.2) is 12.8 Å². The van der Waals surface area contributed by atoms with Gasteiger partial charge in [-0.05, 0) is 24.3 Å². The highest BCUT2D eigenvalue weighted by Crippen LogP contribution is 2.25. The van der Waals surface area contributed by atoms with Crippen molar-refractivity contribution >= 4 is 27.3 Å². The van der Waals surface area contributed by atoms with E-state index < -0.39 is 22.4 Å². The normalized spacial score (nSPS) is 11.3. The molecule has 2 rings (SSSR count). The highest BCUT2D eigenvalue weighted by molar-refractivity contribution is 7.92. The number of nitrogens with zero attached hydrogens (tertiary/aromatic N) is 1. The number of aliphatic hydroxyl groups is 1. The Morgan fingerprint density at radius 3 is 2.75 bits per heavy atom. The monoisotopic (exact) mass is 316 g/mol. The molecule has 2 aromatic rings. The van der Waals surface area contributed by atoms with Crippen molar-refractivity contribution in [1.82, 2.24) is 4.98 Å². The van der Waals surface area contributed by atoms with Gasteiger partial charge in [-0.2, -0.15) is 0 Å². The average Bonchev–Trinajstić information content (AvgIpc) is 2.42. The number of rotatable bonds is 4. The largest absolute Gasteiger partial charge is 0.392 e. The fourth-order valence-electron chi connectivity index (χ4n) is 1.53. The second kappa shape index (κ2) is 5.74. The summed E-state index contributed by atoms with van der Waals surface area (Å²) in [5.41, 5.74) is 0.242. The number of aliphatic hydroxyl groups excluding tert-OH is 1. The van der Waals surface area contributed by atoms with Gasteiger partial charge in [-0.3, -0.25) is 9.71 Å². The SMILES string of the molecule is O=S(=O)(Nc1cccnc1)c1cc(F)c(Cl)c(CO)c1. The quantitative estimate of drug-likeness (QED) is 0.906. The minimum absolute atomic E-state index is 0.00164. The number of halogens is 2. The van der Waals surface area contributed by atoms with E-state index in [2.05, 4.69) is 9.71 Å². The molecule has 2 N–H and O–H groups in total. The molecule has 1 heterocycles. The summed E-state index contributed by atoms with van der Waals surface area (Å²) >= 11 is 5.62. The molecule has 0 bridgehead atoms. The van der Waals surface area contributed by atoms with Crippen LogP contribution in [0.15, 0.2) is 41.6 Å². The minimum atomic E-state index is -3.98. The van der Waals surface area contributed by atoms with Crippen molar-refractivity contribution in [3.8, 4) is 0 Å². The number of benzene rings is 1. The lowest BCUT2D eigenvalue weighted by atomic mass is 10.2. The molecule has 8 heteroatoms. The van der Waals surface area contributed by atoms with Crippen molar-refractivity contribution in [1.29, 1.82) is 0 Å². The van der Waals surface area contributed by atoms with Crippen LogP contribution >= 0.6 is 11.6 Å². The number of hydrogen-bond acceptors (Lipinski definition) is 4. The van der Waals surface area contributed by atoms with Gasteiger partial charge in [0.05, 0.1) is 28.4 Å². The van der Waals surface area contributed by atoms with Crippen LogP contribution in [0.3, 0.4) is 0 Å². The van der Waals surface area contributed by atoms with Crippen molar-refractivity contribution in [3.05, 3.63) is 53.1 Å². The van der Waals surface area contributed by atoms with Crippen LogP contribution in [0.1, 0.15) is 5.56 Å². The summed E-state index contributed by atoms with van der Waals surface area (Å²) in [7, 11) is -3.98. The number of aromatic nitrogens is 1. The van der Waals surface area contributed by atoms with Crippen LogP contribution in [-0.2, 0) is 16.6 Å². The van der Waals surface area contributed by atoms with Gasteiger partial charge in [0, 0.05) is 11.8 Å². The van der Waals surface area contributed by atoms with Crippen LogP contribution in [0.25, 0.3) is 0 Å². The number of nitrogens with one attached hydrogen (secondary N) is 1. The number of sulfonamides is 1. The van der Waals surface area contributed by atoms with E-state index in [-0.39, 0.29) is 21.2 Å². The van der Waals surface area contributed by atoms with Crippen molar-refractivity contribution in [2.45, 2.75) is 11.5 Å². The lowest BCUT2D eigenvalue weighted by molar-refractivity contribution is 0.281. The third kappa shape index (κ3) is 3.06. The molecule has 5 nitrogen and oxygen atoms in total. The first-order chi connectivity index (χ1) is 9.44. The Labute approximate surface area is 120 Å². The van der Waals surface area contributed by atoms with Gasteiger partial charge in [0.2, 0.25) is 0 Å². The topological polar surface area (TPSA) is 79.3 Å². The summed E-state index contributed by atoms with van der Waals surface area (Å²) in [6, 6.07) is 4.97. The molecule has 20 heavy (non-hydrogen) atoms. The zero-order valence-electron chi connectivity index (χ0n) is 10.0. The highest BCUT2D eigenvalue weighted by atomic mass is 35.5. The van der Waals surface area contributed by atoms with Crippen LogP contribution in [0.4, 0.5) is 10.1 Å². The molecule has 0 saturated carbocycles. The Hall–Kier alpha value is -1.70. The van der Waals surface area contributed by atoms with Crippen molar-refractivity contribution in [2.75, 3.05) is 4.72 Å². The summed E-state index contributed by atoms with van der Waals surface area (Å²) in [5.74, 6) is -0.912. The van der Waals surface area contributed by atoms with E-state index in [4.69, 9.17) is 16.7 Å². The van der Waals surface area contributed by atoms with Gasteiger partial charge in [-0.1, -0.05) is 11.6 Å². The fraction of sp³-hybridized carbons (Fsp3) is 0.0833. The molecular weight excluding hydrogens is 307 g/mol. The fourth-order valence-corrected chi connectivity index (χ4v) is 2.80. The van der Waals surface area contributed by atoms with E-state index >= 15 is 0 Å². The van der Waals surface area contributed by atoms with Crippen LogP contribution in [0.2, 0.25) is 5.02 Å². The summed E-state index contributed by atoms with van der Waals surface area (Å²) in [6.45, 7) is -0.563. The van der Waals surface area contributed by atoms with E-state index in [1.807, 2.05) is 0 Å². The third-order valence-corrected chi connectivity index (χ3v) is 4.26. The van der Waals surface area contributed by atoms with Crippen molar-refractivity contribution in [3.63, 3.8) is 0 Å². The number of hydrogen-bond donors (Lipinski definition) is 2. The van der Waals surface area contributed by atoms with E-state index in [0.717, 1.165) is 12.1 Å². The summed E-state index contributed by atoms with van der Waals surface area (Å²) in [4.78, 5) is 3.44. The van der Waals surface area contributed by atoms with Crippen LogP contribution in [0, 0.1) is 5.82 Å². The Morgan fingerprint density at radius 2 is 2.15 bits per heavy atom. The zero-order chi connectivity index (χ0) is 14.8.